The summed E-state index contributed by atoms with van der Waals surface area (Å²) < 4.78 is 21.3. The van der Waals surface area contributed by atoms with Crippen LogP contribution in [0.25, 0.3) is 6.08 Å². The molecule has 172 valence electrons. The minimum atomic E-state index is -0.238. The summed E-state index contributed by atoms with van der Waals surface area (Å²) in [5.74, 6) is 2.11. The van der Waals surface area contributed by atoms with Crippen LogP contribution in [-0.4, -0.2) is 44.3 Å². The largest absolute Gasteiger partial charge is 0.496 e. The molecule has 2 aromatic carbocycles. The number of pyridine rings is 1. The molecule has 8 nitrogen and oxygen atoms in total. The monoisotopic (exact) mass is 450 g/mol. The Morgan fingerprint density at radius 2 is 1.67 bits per heavy atom. The summed E-state index contributed by atoms with van der Waals surface area (Å²) in [5, 5.41) is 12.6. The van der Waals surface area contributed by atoms with Gasteiger partial charge in [-0.25, -0.2) is 4.98 Å². The van der Waals surface area contributed by atoms with E-state index in [1.54, 1.807) is 49.7 Å². The lowest BCUT2D eigenvalue weighted by Crippen LogP contribution is -2.01. The molecular formula is C25H26N2O6. The predicted molar refractivity (Wildman–Crippen MR) is 126 cm³/mol. The van der Waals surface area contributed by atoms with Gasteiger partial charge in [-0.05, 0) is 42.5 Å². The maximum absolute atomic E-state index is 12.9. The van der Waals surface area contributed by atoms with Crippen LogP contribution in [0.3, 0.4) is 0 Å². The molecule has 0 spiro atoms. The van der Waals surface area contributed by atoms with Crippen LogP contribution in [0.5, 0.6) is 23.0 Å². The highest BCUT2D eigenvalue weighted by Crippen LogP contribution is 2.38. The van der Waals surface area contributed by atoms with E-state index in [1.807, 2.05) is 12.1 Å². The minimum absolute atomic E-state index is 0.121. The molecule has 0 bridgehead atoms. The van der Waals surface area contributed by atoms with Gasteiger partial charge in [-0.2, -0.15) is 0 Å². The fourth-order valence-corrected chi connectivity index (χ4v) is 3.23. The third kappa shape index (κ3) is 5.42. The number of anilines is 2. The van der Waals surface area contributed by atoms with E-state index < -0.39 is 0 Å². The number of nitrogens with one attached hydrogen (secondary N) is 1. The van der Waals surface area contributed by atoms with Gasteiger partial charge in [0.1, 0.15) is 11.6 Å². The summed E-state index contributed by atoms with van der Waals surface area (Å²) in [6, 6.07) is 12.2. The molecule has 0 fully saturated rings. The quantitative estimate of drug-likeness (QED) is 0.349. The zero-order valence-corrected chi connectivity index (χ0v) is 18.9. The zero-order chi connectivity index (χ0) is 23.8. The van der Waals surface area contributed by atoms with Crippen molar-refractivity contribution in [1.82, 2.24) is 4.98 Å². The van der Waals surface area contributed by atoms with Crippen molar-refractivity contribution in [3.8, 4) is 23.0 Å². The molecule has 0 saturated carbocycles. The summed E-state index contributed by atoms with van der Waals surface area (Å²) in [6.45, 7) is -0.121. The van der Waals surface area contributed by atoms with E-state index in [0.29, 0.717) is 45.5 Å². The van der Waals surface area contributed by atoms with E-state index in [1.165, 1.54) is 27.4 Å². The molecule has 0 unspecified atom stereocenters. The Labute approximate surface area is 192 Å². The minimum Gasteiger partial charge on any atom is -0.496 e. The number of aliphatic hydroxyl groups is 1. The molecule has 2 N–H and O–H groups in total. The predicted octanol–water partition coefficient (Wildman–Crippen LogP) is 4.25. The molecule has 0 aliphatic carbocycles. The number of aromatic nitrogens is 1. The number of methoxy groups -OCH3 is 4. The Morgan fingerprint density at radius 3 is 2.27 bits per heavy atom. The first-order valence-corrected chi connectivity index (χ1v) is 10.1. The number of hydrogen-bond acceptors (Lipinski definition) is 8. The summed E-state index contributed by atoms with van der Waals surface area (Å²) in [5.41, 5.74) is 2.51. The number of benzene rings is 2. The SMILES string of the molecule is COc1cc(Nc2ncccc2C=CC(=O)c2cc(OC)c(OC)c(OC)c2)ccc1CO. The Kier molecular flexibility index (Phi) is 7.88. The standard InChI is InChI=1S/C25H26N2O6/c1-30-21-14-19(9-7-17(21)15-28)27-25-16(6-5-11-26-25)8-10-20(29)18-12-22(31-2)24(33-4)23(13-18)32-3/h5-14,28H,15H2,1-4H3,(H,26,27). The number of carbonyl (C=O) groups is 1. The van der Waals surface area contributed by atoms with Gasteiger partial charge in [-0.1, -0.05) is 6.07 Å². The van der Waals surface area contributed by atoms with Gasteiger partial charge in [-0.3, -0.25) is 4.79 Å². The van der Waals surface area contributed by atoms with Crippen molar-refractivity contribution in [3.63, 3.8) is 0 Å². The average Bonchev–Trinajstić information content (AvgIpc) is 2.86. The van der Waals surface area contributed by atoms with Crippen molar-refractivity contribution in [3.05, 3.63) is 71.4 Å². The van der Waals surface area contributed by atoms with E-state index in [4.69, 9.17) is 18.9 Å². The molecule has 0 radical (unpaired) electrons. The van der Waals surface area contributed by atoms with Crippen LogP contribution in [0.1, 0.15) is 21.5 Å². The number of allylic oxidation sites excluding steroid dienone is 1. The number of aliphatic hydroxyl groups excluding tert-OH is 1. The van der Waals surface area contributed by atoms with Gasteiger partial charge < -0.3 is 29.4 Å². The van der Waals surface area contributed by atoms with Crippen molar-refractivity contribution < 1.29 is 28.8 Å². The first kappa shape index (κ1) is 23.6. The number of rotatable bonds is 10. The molecule has 0 atom stereocenters. The van der Waals surface area contributed by atoms with Crippen LogP contribution in [0.15, 0.2) is 54.7 Å². The molecule has 3 rings (SSSR count). The lowest BCUT2D eigenvalue weighted by molar-refractivity contribution is 0.104. The summed E-state index contributed by atoms with van der Waals surface area (Å²) in [6.07, 6.45) is 4.79. The maximum atomic E-state index is 12.9. The molecule has 0 aliphatic rings. The third-order valence-electron chi connectivity index (χ3n) is 4.92. The van der Waals surface area contributed by atoms with Crippen molar-refractivity contribution in [2.45, 2.75) is 6.61 Å². The number of hydrogen-bond donors (Lipinski definition) is 2. The van der Waals surface area contributed by atoms with Crippen LogP contribution in [0.4, 0.5) is 11.5 Å². The Hall–Kier alpha value is -4.04. The smallest absolute Gasteiger partial charge is 0.203 e. The van der Waals surface area contributed by atoms with E-state index in [-0.39, 0.29) is 12.4 Å². The first-order valence-electron chi connectivity index (χ1n) is 10.1. The van der Waals surface area contributed by atoms with Gasteiger partial charge in [0.15, 0.2) is 17.3 Å². The highest BCUT2D eigenvalue weighted by Gasteiger charge is 2.16. The molecule has 0 aliphatic heterocycles. The van der Waals surface area contributed by atoms with Crippen LogP contribution in [0.2, 0.25) is 0 Å². The topological polar surface area (TPSA) is 99.1 Å². The second-order valence-corrected chi connectivity index (χ2v) is 6.86. The van der Waals surface area contributed by atoms with Gasteiger partial charge in [-0.15, -0.1) is 0 Å². The van der Waals surface area contributed by atoms with Gasteiger partial charge in [0.25, 0.3) is 0 Å². The summed E-state index contributed by atoms with van der Waals surface area (Å²) >= 11 is 0. The van der Waals surface area contributed by atoms with Gasteiger partial charge >= 0.3 is 0 Å². The molecule has 33 heavy (non-hydrogen) atoms. The second-order valence-electron chi connectivity index (χ2n) is 6.86. The Bertz CT molecular complexity index is 1130. The second kappa shape index (κ2) is 11.0. The molecule has 1 aromatic heterocycles. The van der Waals surface area contributed by atoms with Gasteiger partial charge in [0, 0.05) is 34.6 Å². The van der Waals surface area contributed by atoms with Gasteiger partial charge in [0.2, 0.25) is 5.75 Å². The summed E-state index contributed by atoms with van der Waals surface area (Å²) in [4.78, 5) is 17.2. The number of nitrogens with zero attached hydrogens (tertiary/aromatic N) is 1. The average molecular weight is 450 g/mol. The zero-order valence-electron chi connectivity index (χ0n) is 18.9. The fourth-order valence-electron chi connectivity index (χ4n) is 3.23. The van der Waals surface area contributed by atoms with Crippen molar-refractivity contribution in [2.75, 3.05) is 33.8 Å². The maximum Gasteiger partial charge on any atom is 0.203 e. The van der Waals surface area contributed by atoms with Crippen LogP contribution < -0.4 is 24.3 Å². The summed E-state index contributed by atoms with van der Waals surface area (Å²) in [7, 11) is 6.04. The lowest BCUT2D eigenvalue weighted by atomic mass is 10.1. The molecular weight excluding hydrogens is 424 g/mol. The van der Waals surface area contributed by atoms with E-state index in [2.05, 4.69) is 10.3 Å². The third-order valence-corrected chi connectivity index (χ3v) is 4.92. The molecule has 0 saturated heterocycles. The molecule has 3 aromatic rings. The Morgan fingerprint density at radius 1 is 0.970 bits per heavy atom. The van der Waals surface area contributed by atoms with Crippen molar-refractivity contribution in [2.24, 2.45) is 0 Å². The highest BCUT2D eigenvalue weighted by atomic mass is 16.5. The van der Waals surface area contributed by atoms with E-state index >= 15 is 0 Å². The lowest BCUT2D eigenvalue weighted by Gasteiger charge is -2.13. The van der Waals surface area contributed by atoms with Crippen LogP contribution in [0, 0.1) is 0 Å². The first-order chi connectivity index (χ1) is 16.0. The number of carbonyl (C=O) groups excluding carboxylic acids is 1. The highest BCUT2D eigenvalue weighted by molar-refractivity contribution is 6.07. The van der Waals surface area contributed by atoms with Crippen LogP contribution >= 0.6 is 0 Å². The molecule has 0 amide bonds. The van der Waals surface area contributed by atoms with Crippen molar-refractivity contribution >= 4 is 23.4 Å². The molecule has 1 heterocycles. The van der Waals surface area contributed by atoms with E-state index in [0.717, 1.165) is 5.69 Å². The van der Waals surface area contributed by atoms with E-state index in [9.17, 15) is 9.90 Å². The fraction of sp³-hybridized carbons (Fsp3) is 0.200. The molecule has 8 heteroatoms. The number of ketones is 1. The normalized spacial score (nSPS) is 10.7. The van der Waals surface area contributed by atoms with Gasteiger partial charge in [0.05, 0.1) is 35.0 Å². The van der Waals surface area contributed by atoms with Crippen molar-refractivity contribution in [1.29, 1.82) is 0 Å². The van der Waals surface area contributed by atoms with Crippen LogP contribution in [-0.2, 0) is 6.61 Å². The Balaban J connectivity index is 1.87. The number of ether oxygens (including phenoxy) is 4.